The molecule has 2 aromatic rings. The van der Waals surface area contributed by atoms with Crippen LogP contribution in [0.5, 0.6) is 0 Å². The number of aromatic nitrogens is 2. The summed E-state index contributed by atoms with van der Waals surface area (Å²) in [6.07, 6.45) is 2.83. The predicted molar refractivity (Wildman–Crippen MR) is 80.2 cm³/mol. The van der Waals surface area contributed by atoms with Crippen molar-refractivity contribution < 1.29 is 0 Å². The normalized spacial score (nSPS) is 14.7. The molecular weight excluding hydrogens is 242 g/mol. The fourth-order valence-corrected chi connectivity index (χ4v) is 2.31. The zero-order valence-electron chi connectivity index (χ0n) is 11.8. The van der Waals surface area contributed by atoms with Gasteiger partial charge in [-0.2, -0.15) is 0 Å². The molecule has 0 bridgehead atoms. The maximum atomic E-state index is 3.95. The summed E-state index contributed by atoms with van der Waals surface area (Å²) in [7, 11) is 2.17. The molecule has 18 heavy (non-hydrogen) atoms. The van der Waals surface area contributed by atoms with E-state index in [-0.39, 0.29) is 0 Å². The second-order valence-corrected chi connectivity index (χ2v) is 5.04. The molecule has 1 saturated heterocycles. The SMILES string of the molecule is CC.CN1CCCC1.Cc1ccc2snnc2c1. The summed E-state index contributed by atoms with van der Waals surface area (Å²) in [4.78, 5) is 2.36. The zero-order chi connectivity index (χ0) is 13.4. The summed E-state index contributed by atoms with van der Waals surface area (Å²) in [5.74, 6) is 0. The van der Waals surface area contributed by atoms with Crippen molar-refractivity contribution in [3.05, 3.63) is 23.8 Å². The monoisotopic (exact) mass is 265 g/mol. The van der Waals surface area contributed by atoms with Crippen molar-refractivity contribution in [3.8, 4) is 0 Å². The molecule has 1 aromatic heterocycles. The van der Waals surface area contributed by atoms with Gasteiger partial charge in [-0.3, -0.25) is 0 Å². The number of hydrogen-bond acceptors (Lipinski definition) is 4. The van der Waals surface area contributed by atoms with Gasteiger partial charge in [0.05, 0.1) is 4.70 Å². The lowest BCUT2D eigenvalue weighted by Gasteiger charge is -2.01. The highest BCUT2D eigenvalue weighted by atomic mass is 32.1. The van der Waals surface area contributed by atoms with Gasteiger partial charge < -0.3 is 4.90 Å². The van der Waals surface area contributed by atoms with Gasteiger partial charge in [-0.1, -0.05) is 24.4 Å². The third-order valence-electron chi connectivity index (χ3n) is 2.73. The van der Waals surface area contributed by atoms with Gasteiger partial charge in [-0.25, -0.2) is 0 Å². The lowest BCUT2D eigenvalue weighted by molar-refractivity contribution is 0.418. The minimum atomic E-state index is 1.00. The fourth-order valence-electron chi connectivity index (χ4n) is 1.77. The highest BCUT2D eigenvalue weighted by Gasteiger charge is 2.03. The summed E-state index contributed by atoms with van der Waals surface area (Å²) in [5.41, 5.74) is 2.24. The van der Waals surface area contributed by atoms with E-state index in [4.69, 9.17) is 0 Å². The first-order chi connectivity index (χ1) is 8.75. The molecule has 4 heteroatoms. The molecule has 3 rings (SSSR count). The third-order valence-corrected chi connectivity index (χ3v) is 3.44. The molecule has 1 fully saturated rings. The van der Waals surface area contributed by atoms with Gasteiger partial charge in [0.1, 0.15) is 5.52 Å². The molecule has 0 atom stereocenters. The Morgan fingerprint density at radius 2 is 1.83 bits per heavy atom. The summed E-state index contributed by atoms with van der Waals surface area (Å²) in [5, 5.41) is 3.95. The van der Waals surface area contributed by atoms with E-state index in [9.17, 15) is 0 Å². The van der Waals surface area contributed by atoms with E-state index in [1.165, 1.54) is 43.0 Å². The topological polar surface area (TPSA) is 29.0 Å². The van der Waals surface area contributed by atoms with E-state index in [0.717, 1.165) is 10.2 Å². The zero-order valence-corrected chi connectivity index (χ0v) is 12.6. The van der Waals surface area contributed by atoms with Crippen molar-refractivity contribution in [3.63, 3.8) is 0 Å². The molecule has 0 spiro atoms. The molecule has 0 aliphatic carbocycles. The van der Waals surface area contributed by atoms with Gasteiger partial charge in [0.2, 0.25) is 0 Å². The summed E-state index contributed by atoms with van der Waals surface area (Å²) in [6, 6.07) is 6.16. The highest BCUT2D eigenvalue weighted by Crippen LogP contribution is 2.15. The molecule has 100 valence electrons. The van der Waals surface area contributed by atoms with Crippen LogP contribution in [0.2, 0.25) is 0 Å². The molecule has 1 aliphatic rings. The highest BCUT2D eigenvalue weighted by molar-refractivity contribution is 7.12. The van der Waals surface area contributed by atoms with Crippen molar-refractivity contribution in [1.82, 2.24) is 14.5 Å². The summed E-state index contributed by atoms with van der Waals surface area (Å²) in [6.45, 7) is 8.69. The fraction of sp³-hybridized carbons (Fsp3) is 0.571. The molecule has 1 aromatic carbocycles. The maximum absolute atomic E-state index is 3.95. The number of fused-ring (bicyclic) bond motifs is 1. The van der Waals surface area contributed by atoms with Gasteiger partial charge in [0.15, 0.2) is 0 Å². The Kier molecular flexibility index (Phi) is 6.83. The predicted octanol–water partition coefficient (Wildman–Crippen LogP) is 3.74. The van der Waals surface area contributed by atoms with Crippen LogP contribution in [-0.2, 0) is 0 Å². The van der Waals surface area contributed by atoms with Crippen LogP contribution in [0.3, 0.4) is 0 Å². The third kappa shape index (κ3) is 4.70. The second-order valence-electron chi connectivity index (χ2n) is 4.25. The molecule has 0 unspecified atom stereocenters. The molecule has 0 N–H and O–H groups in total. The van der Waals surface area contributed by atoms with Crippen molar-refractivity contribution in [2.24, 2.45) is 0 Å². The molecule has 1 aliphatic heterocycles. The van der Waals surface area contributed by atoms with Gasteiger partial charge in [-0.15, -0.1) is 5.10 Å². The molecular formula is C14H23N3S. The first kappa shape index (κ1) is 15.1. The van der Waals surface area contributed by atoms with E-state index in [1.807, 2.05) is 19.9 Å². The molecule has 0 radical (unpaired) electrons. The van der Waals surface area contributed by atoms with Gasteiger partial charge in [-0.05, 0) is 69.1 Å². The smallest absolute Gasteiger partial charge is 0.106 e. The van der Waals surface area contributed by atoms with Crippen LogP contribution in [-0.4, -0.2) is 34.6 Å². The number of aryl methyl sites for hydroxylation is 1. The largest absolute Gasteiger partial charge is 0.306 e. The number of benzene rings is 1. The second kappa shape index (κ2) is 8.16. The lowest BCUT2D eigenvalue weighted by Crippen LogP contribution is -2.10. The molecule has 2 heterocycles. The molecule has 3 nitrogen and oxygen atoms in total. The Labute approximate surface area is 114 Å². The van der Waals surface area contributed by atoms with Gasteiger partial charge >= 0.3 is 0 Å². The number of nitrogens with zero attached hydrogens (tertiary/aromatic N) is 3. The summed E-state index contributed by atoms with van der Waals surface area (Å²) >= 11 is 1.43. The number of likely N-dealkylation sites (tertiary alicyclic amines) is 1. The van der Waals surface area contributed by atoms with Crippen LogP contribution in [0, 0.1) is 6.92 Å². The Morgan fingerprint density at radius 3 is 2.39 bits per heavy atom. The Balaban J connectivity index is 0.000000174. The number of rotatable bonds is 0. The summed E-state index contributed by atoms with van der Waals surface area (Å²) < 4.78 is 4.99. The molecule has 0 saturated carbocycles. The van der Waals surface area contributed by atoms with E-state index in [1.54, 1.807) is 0 Å². The van der Waals surface area contributed by atoms with Crippen molar-refractivity contribution in [2.45, 2.75) is 33.6 Å². The lowest BCUT2D eigenvalue weighted by atomic mass is 10.2. The minimum absolute atomic E-state index is 1.00. The quantitative estimate of drug-likeness (QED) is 0.726. The van der Waals surface area contributed by atoms with E-state index < -0.39 is 0 Å². The van der Waals surface area contributed by atoms with Gasteiger partial charge in [0.25, 0.3) is 0 Å². The average molecular weight is 265 g/mol. The van der Waals surface area contributed by atoms with Crippen LogP contribution in [0.1, 0.15) is 32.3 Å². The van der Waals surface area contributed by atoms with E-state index in [0.29, 0.717) is 0 Å². The Bertz CT molecular complexity index is 447. The van der Waals surface area contributed by atoms with Crippen LogP contribution < -0.4 is 0 Å². The Hall–Kier alpha value is -1.00. The van der Waals surface area contributed by atoms with Crippen LogP contribution in [0.4, 0.5) is 0 Å². The minimum Gasteiger partial charge on any atom is -0.306 e. The van der Waals surface area contributed by atoms with Crippen molar-refractivity contribution in [1.29, 1.82) is 0 Å². The van der Waals surface area contributed by atoms with E-state index in [2.05, 4.69) is 40.6 Å². The van der Waals surface area contributed by atoms with Crippen molar-refractivity contribution >= 4 is 21.7 Å². The van der Waals surface area contributed by atoms with Gasteiger partial charge in [0, 0.05) is 0 Å². The standard InChI is InChI=1S/C7H6N2S.C5H11N.C2H6/c1-5-2-3-7-6(4-5)8-9-10-7;1-6-4-2-3-5-6;1-2/h2-4H,1H3;2-5H2,1H3;1-2H3. The molecule has 0 amide bonds. The van der Waals surface area contributed by atoms with Crippen LogP contribution >= 0.6 is 11.5 Å². The maximum Gasteiger partial charge on any atom is 0.106 e. The average Bonchev–Trinajstić information content (AvgIpc) is 3.03. The first-order valence-electron chi connectivity index (χ1n) is 6.63. The van der Waals surface area contributed by atoms with E-state index >= 15 is 0 Å². The number of hydrogen-bond donors (Lipinski definition) is 0. The van der Waals surface area contributed by atoms with Crippen LogP contribution in [0.25, 0.3) is 10.2 Å². The van der Waals surface area contributed by atoms with Crippen molar-refractivity contribution in [2.75, 3.05) is 20.1 Å². The van der Waals surface area contributed by atoms with Crippen LogP contribution in [0.15, 0.2) is 18.2 Å². The Morgan fingerprint density at radius 1 is 1.17 bits per heavy atom. The first-order valence-corrected chi connectivity index (χ1v) is 7.40.